The minimum absolute atomic E-state index is 0.276. The maximum atomic E-state index is 6.13. The predicted octanol–water partition coefficient (Wildman–Crippen LogP) is 2.78. The second kappa shape index (κ2) is 8.53. The van der Waals surface area contributed by atoms with Gasteiger partial charge in [-0.15, -0.1) is 0 Å². The van der Waals surface area contributed by atoms with Crippen LogP contribution in [-0.4, -0.2) is 49.4 Å². The van der Waals surface area contributed by atoms with Crippen molar-refractivity contribution in [3.8, 4) is 0 Å². The van der Waals surface area contributed by atoms with Gasteiger partial charge >= 0.3 is 0 Å². The Morgan fingerprint density at radius 1 is 1.14 bits per heavy atom. The summed E-state index contributed by atoms with van der Waals surface area (Å²) in [5.41, 5.74) is 10.6. The summed E-state index contributed by atoms with van der Waals surface area (Å²) in [4.78, 5) is 13.6. The standard InChI is InChI=1S/C22H28N6O/c1-3-17-7-9-18(10-8-17)24-21-25-20(23)26-22(27-11-13-29-14-12-27)28(21)19-6-4-5-16(2)15-19/h4-10,15,21,24H,3,11-14H2,1-2H3,(H2,23,25). The molecular weight excluding hydrogens is 364 g/mol. The minimum atomic E-state index is -0.389. The monoisotopic (exact) mass is 392 g/mol. The number of ether oxygens (including phenoxy) is 1. The maximum Gasteiger partial charge on any atom is 0.222 e. The fourth-order valence-electron chi connectivity index (χ4n) is 3.58. The van der Waals surface area contributed by atoms with Crippen molar-refractivity contribution >= 4 is 23.3 Å². The minimum Gasteiger partial charge on any atom is -0.378 e. The third kappa shape index (κ3) is 4.35. The molecule has 2 heterocycles. The second-order valence-electron chi connectivity index (χ2n) is 7.28. The molecule has 1 atom stereocenters. The zero-order valence-electron chi connectivity index (χ0n) is 17.0. The summed E-state index contributed by atoms with van der Waals surface area (Å²) in [5.74, 6) is 1.08. The molecule has 1 saturated heterocycles. The number of anilines is 2. The Morgan fingerprint density at radius 3 is 2.59 bits per heavy atom. The van der Waals surface area contributed by atoms with Gasteiger partial charge in [0.15, 0.2) is 0 Å². The smallest absolute Gasteiger partial charge is 0.222 e. The van der Waals surface area contributed by atoms with E-state index >= 15 is 0 Å². The topological polar surface area (TPSA) is 78.5 Å². The van der Waals surface area contributed by atoms with Crippen molar-refractivity contribution in [2.24, 2.45) is 15.7 Å². The number of hydrogen-bond donors (Lipinski definition) is 2. The summed E-state index contributed by atoms with van der Waals surface area (Å²) in [5, 5.41) is 3.52. The lowest BCUT2D eigenvalue weighted by atomic mass is 10.1. The lowest BCUT2D eigenvalue weighted by molar-refractivity contribution is 0.0671. The number of benzene rings is 2. The number of nitrogens with zero attached hydrogens (tertiary/aromatic N) is 4. The van der Waals surface area contributed by atoms with Crippen LogP contribution in [0.3, 0.4) is 0 Å². The van der Waals surface area contributed by atoms with Crippen LogP contribution in [0.15, 0.2) is 58.5 Å². The summed E-state index contributed by atoms with van der Waals surface area (Å²) in [7, 11) is 0. The first-order chi connectivity index (χ1) is 14.1. The van der Waals surface area contributed by atoms with E-state index < -0.39 is 0 Å². The first-order valence-corrected chi connectivity index (χ1v) is 10.1. The van der Waals surface area contributed by atoms with Gasteiger partial charge in [0.1, 0.15) is 0 Å². The van der Waals surface area contributed by atoms with Gasteiger partial charge in [-0.3, -0.25) is 4.90 Å². The number of guanidine groups is 2. The van der Waals surface area contributed by atoms with Gasteiger partial charge in [0.25, 0.3) is 0 Å². The fraction of sp³-hybridized carbons (Fsp3) is 0.364. The van der Waals surface area contributed by atoms with Crippen molar-refractivity contribution in [3.05, 3.63) is 59.7 Å². The molecule has 2 aromatic carbocycles. The van der Waals surface area contributed by atoms with Gasteiger partial charge in [-0.25, -0.2) is 4.99 Å². The predicted molar refractivity (Wildman–Crippen MR) is 118 cm³/mol. The normalized spacial score (nSPS) is 19.6. The molecule has 0 saturated carbocycles. The van der Waals surface area contributed by atoms with Crippen LogP contribution in [0.2, 0.25) is 0 Å². The lowest BCUT2D eigenvalue weighted by Gasteiger charge is -2.41. The van der Waals surface area contributed by atoms with Crippen LogP contribution in [0.25, 0.3) is 0 Å². The molecule has 0 aliphatic carbocycles. The average Bonchev–Trinajstić information content (AvgIpc) is 2.74. The Balaban J connectivity index is 1.69. The van der Waals surface area contributed by atoms with Gasteiger partial charge in [-0.05, 0) is 48.7 Å². The largest absolute Gasteiger partial charge is 0.378 e. The molecule has 7 heteroatoms. The zero-order chi connectivity index (χ0) is 20.2. The van der Waals surface area contributed by atoms with Crippen molar-refractivity contribution < 1.29 is 4.74 Å². The quantitative estimate of drug-likeness (QED) is 0.837. The van der Waals surface area contributed by atoms with Crippen molar-refractivity contribution in [3.63, 3.8) is 0 Å². The van der Waals surface area contributed by atoms with Crippen LogP contribution in [0, 0.1) is 6.92 Å². The highest BCUT2D eigenvalue weighted by Gasteiger charge is 2.32. The lowest BCUT2D eigenvalue weighted by Crippen LogP contribution is -2.57. The summed E-state index contributed by atoms with van der Waals surface area (Å²) < 4.78 is 5.53. The SMILES string of the molecule is CCc1ccc(NC2N=C(N)N=C(N3CCOCC3)N2c2cccc(C)c2)cc1. The van der Waals surface area contributed by atoms with Crippen molar-refractivity contribution in [1.82, 2.24) is 4.90 Å². The Labute approximate surface area is 171 Å². The van der Waals surface area contributed by atoms with E-state index in [0.29, 0.717) is 13.2 Å². The Kier molecular flexibility index (Phi) is 5.67. The van der Waals surface area contributed by atoms with Gasteiger partial charge in [0.05, 0.1) is 13.2 Å². The zero-order valence-corrected chi connectivity index (χ0v) is 17.0. The molecular formula is C22H28N6O. The van der Waals surface area contributed by atoms with E-state index in [2.05, 4.69) is 87.5 Å². The molecule has 2 aliphatic heterocycles. The van der Waals surface area contributed by atoms with Crippen LogP contribution in [0.1, 0.15) is 18.1 Å². The van der Waals surface area contributed by atoms with Crippen LogP contribution in [-0.2, 0) is 11.2 Å². The number of nitrogens with two attached hydrogens (primary N) is 1. The molecule has 0 amide bonds. The third-order valence-corrected chi connectivity index (χ3v) is 5.16. The van der Waals surface area contributed by atoms with E-state index in [1.54, 1.807) is 0 Å². The van der Waals surface area contributed by atoms with Crippen LogP contribution >= 0.6 is 0 Å². The molecule has 4 rings (SSSR count). The molecule has 2 aromatic rings. The summed E-state index contributed by atoms with van der Waals surface area (Å²) in [6.07, 6.45) is 0.623. The van der Waals surface area contributed by atoms with Gasteiger partial charge in [-0.1, -0.05) is 31.2 Å². The second-order valence-corrected chi connectivity index (χ2v) is 7.28. The molecule has 29 heavy (non-hydrogen) atoms. The number of aliphatic imine (C=N–C) groups is 2. The molecule has 0 spiro atoms. The van der Waals surface area contributed by atoms with Crippen LogP contribution < -0.4 is 16.0 Å². The highest BCUT2D eigenvalue weighted by Crippen LogP contribution is 2.25. The molecule has 3 N–H and O–H groups in total. The Bertz CT molecular complexity index is 902. The van der Waals surface area contributed by atoms with E-state index in [0.717, 1.165) is 36.8 Å². The molecule has 0 aromatic heterocycles. The van der Waals surface area contributed by atoms with Gasteiger partial charge in [0.2, 0.25) is 18.2 Å². The number of nitrogens with one attached hydrogen (secondary N) is 1. The highest BCUT2D eigenvalue weighted by molar-refractivity contribution is 6.06. The van der Waals surface area contributed by atoms with Crippen LogP contribution in [0.4, 0.5) is 11.4 Å². The number of morpholine rings is 1. The number of aryl methyl sites for hydroxylation is 2. The first kappa shape index (κ1) is 19.3. The van der Waals surface area contributed by atoms with Crippen molar-refractivity contribution in [1.29, 1.82) is 0 Å². The van der Waals surface area contributed by atoms with Gasteiger partial charge in [0, 0.05) is 24.5 Å². The average molecular weight is 393 g/mol. The third-order valence-electron chi connectivity index (χ3n) is 5.16. The van der Waals surface area contributed by atoms with Gasteiger partial charge in [-0.2, -0.15) is 4.99 Å². The molecule has 2 aliphatic rings. The van der Waals surface area contributed by atoms with E-state index in [9.17, 15) is 0 Å². The maximum absolute atomic E-state index is 6.13. The van der Waals surface area contributed by atoms with E-state index in [1.807, 2.05) is 0 Å². The molecule has 1 fully saturated rings. The van der Waals surface area contributed by atoms with Crippen molar-refractivity contribution in [2.75, 3.05) is 36.5 Å². The van der Waals surface area contributed by atoms with E-state index in [1.165, 1.54) is 11.1 Å². The molecule has 1 unspecified atom stereocenters. The number of hydrogen-bond acceptors (Lipinski definition) is 7. The van der Waals surface area contributed by atoms with E-state index in [-0.39, 0.29) is 12.2 Å². The summed E-state index contributed by atoms with van der Waals surface area (Å²) in [6, 6.07) is 16.8. The molecule has 0 bridgehead atoms. The molecule has 0 radical (unpaired) electrons. The Hall–Kier alpha value is -3.06. The fourth-order valence-corrected chi connectivity index (χ4v) is 3.58. The molecule has 152 valence electrons. The van der Waals surface area contributed by atoms with E-state index in [4.69, 9.17) is 10.5 Å². The van der Waals surface area contributed by atoms with Crippen molar-refractivity contribution in [2.45, 2.75) is 26.6 Å². The van der Waals surface area contributed by atoms with Gasteiger partial charge < -0.3 is 20.7 Å². The Morgan fingerprint density at radius 2 is 1.90 bits per heavy atom. The first-order valence-electron chi connectivity index (χ1n) is 10.1. The highest BCUT2D eigenvalue weighted by atomic mass is 16.5. The molecule has 7 nitrogen and oxygen atoms in total. The van der Waals surface area contributed by atoms with Crippen LogP contribution in [0.5, 0.6) is 0 Å². The summed E-state index contributed by atoms with van der Waals surface area (Å²) >= 11 is 0. The number of rotatable bonds is 4. The summed E-state index contributed by atoms with van der Waals surface area (Å²) in [6.45, 7) is 7.13.